The number of hydrogen-bond donors (Lipinski definition) is 1. The zero-order chi connectivity index (χ0) is 19.2. The Balaban J connectivity index is 1.74. The van der Waals surface area contributed by atoms with Gasteiger partial charge >= 0.3 is 6.36 Å². The molecule has 1 N–H and O–H groups in total. The van der Waals surface area contributed by atoms with E-state index in [2.05, 4.69) is 20.0 Å². The van der Waals surface area contributed by atoms with E-state index in [1.165, 1.54) is 12.1 Å². The molecule has 138 valence electrons. The molecular formula is C17H9Cl2F3N4O. The number of alkyl halides is 3. The topological polar surface area (TPSA) is 51.5 Å². The SMILES string of the molecule is FC(F)(F)Oc1ccc(Nc2nc3cc(Cl)ccc3n3ccnc23)cc1Cl. The van der Waals surface area contributed by atoms with Crippen molar-refractivity contribution in [3.05, 3.63) is 58.8 Å². The fraction of sp³-hybridized carbons (Fsp3) is 0.0588. The monoisotopic (exact) mass is 412 g/mol. The van der Waals surface area contributed by atoms with Gasteiger partial charge in [-0.05, 0) is 36.4 Å². The standard InChI is InChI=1S/C17H9Cl2F3N4O/c18-9-1-3-13-12(7-9)25-15(16-23-5-6-26(13)16)24-10-2-4-14(11(19)8-10)27-17(20,21)22/h1-8H,(H,24,25). The van der Waals surface area contributed by atoms with Crippen molar-refractivity contribution < 1.29 is 17.9 Å². The Hall–Kier alpha value is -2.71. The molecule has 0 saturated carbocycles. The van der Waals surface area contributed by atoms with Crippen molar-refractivity contribution in [2.75, 3.05) is 5.32 Å². The lowest BCUT2D eigenvalue weighted by molar-refractivity contribution is -0.274. The highest BCUT2D eigenvalue weighted by Gasteiger charge is 2.32. The van der Waals surface area contributed by atoms with Crippen LogP contribution in [0.25, 0.3) is 16.7 Å². The number of rotatable bonds is 3. The van der Waals surface area contributed by atoms with Crippen LogP contribution >= 0.6 is 23.2 Å². The van der Waals surface area contributed by atoms with E-state index in [-0.39, 0.29) is 5.02 Å². The summed E-state index contributed by atoms with van der Waals surface area (Å²) in [6.45, 7) is 0. The number of benzene rings is 2. The number of anilines is 2. The van der Waals surface area contributed by atoms with E-state index in [4.69, 9.17) is 23.2 Å². The summed E-state index contributed by atoms with van der Waals surface area (Å²) in [5.41, 5.74) is 2.40. The molecular weight excluding hydrogens is 404 g/mol. The van der Waals surface area contributed by atoms with Crippen LogP contribution in [0.3, 0.4) is 0 Å². The summed E-state index contributed by atoms with van der Waals surface area (Å²) < 4.78 is 42.8. The molecule has 0 aliphatic rings. The molecule has 27 heavy (non-hydrogen) atoms. The van der Waals surface area contributed by atoms with E-state index < -0.39 is 12.1 Å². The number of aromatic nitrogens is 3. The van der Waals surface area contributed by atoms with Gasteiger partial charge in [0.2, 0.25) is 0 Å². The van der Waals surface area contributed by atoms with Gasteiger partial charge in [0.1, 0.15) is 5.75 Å². The maximum Gasteiger partial charge on any atom is 0.573 e. The van der Waals surface area contributed by atoms with Crippen molar-refractivity contribution >= 4 is 51.4 Å². The Morgan fingerprint density at radius 3 is 2.63 bits per heavy atom. The first-order valence-corrected chi connectivity index (χ1v) is 8.30. The van der Waals surface area contributed by atoms with Gasteiger partial charge in [-0.1, -0.05) is 23.2 Å². The quantitative estimate of drug-likeness (QED) is 0.459. The predicted octanol–water partition coefficient (Wildman–Crippen LogP) is 5.83. The summed E-state index contributed by atoms with van der Waals surface area (Å²) in [5.74, 6) is -0.0887. The van der Waals surface area contributed by atoms with Crippen LogP contribution in [0.4, 0.5) is 24.7 Å². The van der Waals surface area contributed by atoms with Gasteiger partial charge in [0.05, 0.1) is 16.1 Å². The second-order valence-electron chi connectivity index (χ2n) is 5.53. The van der Waals surface area contributed by atoms with E-state index >= 15 is 0 Å². The third kappa shape index (κ3) is 3.58. The second-order valence-corrected chi connectivity index (χ2v) is 6.38. The minimum absolute atomic E-state index is 0.194. The first-order chi connectivity index (χ1) is 12.8. The predicted molar refractivity (Wildman–Crippen MR) is 96.9 cm³/mol. The molecule has 4 aromatic rings. The van der Waals surface area contributed by atoms with Gasteiger partial charge in [-0.2, -0.15) is 0 Å². The van der Waals surface area contributed by atoms with E-state index in [0.717, 1.165) is 11.6 Å². The zero-order valence-electron chi connectivity index (χ0n) is 13.3. The number of nitrogens with zero attached hydrogens (tertiary/aromatic N) is 3. The Bertz CT molecular complexity index is 1160. The average molecular weight is 413 g/mol. The molecule has 2 aromatic carbocycles. The highest BCUT2D eigenvalue weighted by atomic mass is 35.5. The van der Waals surface area contributed by atoms with Gasteiger partial charge in [-0.25, -0.2) is 9.97 Å². The van der Waals surface area contributed by atoms with Crippen LogP contribution in [0.1, 0.15) is 0 Å². The molecule has 0 aliphatic carbocycles. The molecule has 0 fully saturated rings. The van der Waals surface area contributed by atoms with Crippen LogP contribution in [0, 0.1) is 0 Å². The minimum Gasteiger partial charge on any atom is -0.404 e. The fourth-order valence-electron chi connectivity index (χ4n) is 2.64. The number of imidazole rings is 1. The van der Waals surface area contributed by atoms with Crippen LogP contribution in [-0.2, 0) is 0 Å². The zero-order valence-corrected chi connectivity index (χ0v) is 14.8. The van der Waals surface area contributed by atoms with Gasteiger partial charge in [0, 0.05) is 23.1 Å². The van der Waals surface area contributed by atoms with Crippen LogP contribution in [0.2, 0.25) is 10.0 Å². The lowest BCUT2D eigenvalue weighted by Gasteiger charge is -2.13. The van der Waals surface area contributed by atoms with Crippen LogP contribution in [-0.4, -0.2) is 20.7 Å². The summed E-state index contributed by atoms with van der Waals surface area (Å²) in [7, 11) is 0. The van der Waals surface area contributed by atoms with Crippen LogP contribution in [0.15, 0.2) is 48.8 Å². The Morgan fingerprint density at radius 2 is 1.89 bits per heavy atom. The van der Waals surface area contributed by atoms with Gasteiger partial charge < -0.3 is 10.1 Å². The normalized spacial score (nSPS) is 11.9. The van der Waals surface area contributed by atoms with Crippen molar-refractivity contribution in [3.8, 4) is 5.75 Å². The number of ether oxygens (including phenoxy) is 1. The first kappa shape index (κ1) is 17.7. The third-order valence-electron chi connectivity index (χ3n) is 3.70. The Kier molecular flexibility index (Phi) is 4.24. The molecule has 0 bridgehead atoms. The first-order valence-electron chi connectivity index (χ1n) is 7.55. The Morgan fingerprint density at radius 1 is 1.07 bits per heavy atom. The molecule has 0 spiro atoms. The van der Waals surface area contributed by atoms with Crippen molar-refractivity contribution in [2.24, 2.45) is 0 Å². The molecule has 0 atom stereocenters. The molecule has 0 radical (unpaired) electrons. The van der Waals surface area contributed by atoms with E-state index in [0.29, 0.717) is 27.7 Å². The maximum atomic E-state index is 12.4. The molecule has 2 heterocycles. The summed E-state index contributed by atoms with van der Waals surface area (Å²) in [6.07, 6.45) is -1.44. The van der Waals surface area contributed by atoms with Crippen molar-refractivity contribution in [2.45, 2.75) is 6.36 Å². The Labute approximate surface area is 160 Å². The van der Waals surface area contributed by atoms with E-state index in [1.54, 1.807) is 24.5 Å². The smallest absolute Gasteiger partial charge is 0.404 e. The number of halogens is 5. The highest BCUT2D eigenvalue weighted by Crippen LogP contribution is 2.33. The van der Waals surface area contributed by atoms with Crippen molar-refractivity contribution in [1.29, 1.82) is 0 Å². The number of fused-ring (bicyclic) bond motifs is 3. The molecule has 4 rings (SSSR count). The van der Waals surface area contributed by atoms with Gasteiger partial charge in [0.25, 0.3) is 0 Å². The lowest BCUT2D eigenvalue weighted by Crippen LogP contribution is -2.17. The summed E-state index contributed by atoms with van der Waals surface area (Å²) >= 11 is 11.9. The molecule has 5 nitrogen and oxygen atoms in total. The average Bonchev–Trinajstić information content (AvgIpc) is 3.06. The molecule has 0 amide bonds. The highest BCUT2D eigenvalue weighted by molar-refractivity contribution is 6.32. The third-order valence-corrected chi connectivity index (χ3v) is 4.23. The van der Waals surface area contributed by atoms with Crippen LogP contribution < -0.4 is 10.1 Å². The molecule has 0 unspecified atom stereocenters. The molecule has 0 aliphatic heterocycles. The summed E-state index contributed by atoms with van der Waals surface area (Å²) in [6, 6.07) is 9.11. The second kappa shape index (κ2) is 6.47. The molecule has 10 heteroatoms. The number of nitrogens with one attached hydrogen (secondary N) is 1. The number of hydrogen-bond acceptors (Lipinski definition) is 4. The fourth-order valence-corrected chi connectivity index (χ4v) is 3.03. The van der Waals surface area contributed by atoms with E-state index in [9.17, 15) is 13.2 Å². The van der Waals surface area contributed by atoms with Gasteiger partial charge in [0.15, 0.2) is 11.5 Å². The summed E-state index contributed by atoms with van der Waals surface area (Å²) in [4.78, 5) is 8.78. The molecule has 2 aromatic heterocycles. The van der Waals surface area contributed by atoms with Gasteiger partial charge in [-0.3, -0.25) is 4.40 Å². The van der Waals surface area contributed by atoms with Crippen molar-refractivity contribution in [3.63, 3.8) is 0 Å². The largest absolute Gasteiger partial charge is 0.573 e. The van der Waals surface area contributed by atoms with E-state index in [1.807, 2.05) is 10.5 Å². The lowest BCUT2D eigenvalue weighted by atomic mass is 10.3. The van der Waals surface area contributed by atoms with Gasteiger partial charge in [-0.15, -0.1) is 13.2 Å². The van der Waals surface area contributed by atoms with Crippen molar-refractivity contribution in [1.82, 2.24) is 14.4 Å². The molecule has 0 saturated heterocycles. The minimum atomic E-state index is -4.82. The maximum absolute atomic E-state index is 12.4. The van der Waals surface area contributed by atoms with Crippen LogP contribution in [0.5, 0.6) is 5.75 Å². The summed E-state index contributed by atoms with van der Waals surface area (Å²) in [5, 5.41) is 3.35.